The molecule has 39 heavy (non-hydrogen) atoms. The number of aliphatic hydroxyl groups is 1. The number of piperidine rings is 1. The van der Waals surface area contributed by atoms with Gasteiger partial charge in [-0.25, -0.2) is 0 Å². The summed E-state index contributed by atoms with van der Waals surface area (Å²) in [5.74, 6) is 0.548. The van der Waals surface area contributed by atoms with Crippen LogP contribution >= 0.6 is 0 Å². The van der Waals surface area contributed by atoms with Crippen molar-refractivity contribution in [2.24, 2.45) is 11.8 Å². The molecular formula is C33H34N2O4. The van der Waals surface area contributed by atoms with Crippen molar-refractivity contribution in [1.82, 2.24) is 4.90 Å². The van der Waals surface area contributed by atoms with E-state index in [0.29, 0.717) is 17.5 Å². The molecule has 1 fully saturated rings. The number of hydrogen-bond donors (Lipinski definition) is 3. The van der Waals surface area contributed by atoms with Crippen molar-refractivity contribution in [3.8, 4) is 11.5 Å². The van der Waals surface area contributed by atoms with Crippen LogP contribution in [-0.2, 0) is 16.6 Å². The number of rotatable bonds is 3. The minimum atomic E-state index is -1.64. The SMILES string of the molecule is CC(=O)[C@]1(O)C=C[C@H]2[C@H]3Cc4ccc(O)c5c4[C@@]2(CCN3C)[C@H]1O5.N=C1C=CC=CC1C=Cc1ccccc1. The fraction of sp³-hybridized carbons (Fsp3) is 0.333. The van der Waals surface area contributed by atoms with Crippen LogP contribution < -0.4 is 4.74 Å². The lowest BCUT2D eigenvalue weighted by Crippen LogP contribution is -2.69. The lowest BCUT2D eigenvalue weighted by Gasteiger charge is -2.58. The Kier molecular flexibility index (Phi) is 6.20. The van der Waals surface area contributed by atoms with Gasteiger partial charge < -0.3 is 25.3 Å². The number of phenolic OH excluding ortho intramolecular Hbond substituents is 1. The monoisotopic (exact) mass is 522 g/mol. The number of ether oxygens (including phenoxy) is 1. The van der Waals surface area contributed by atoms with E-state index in [0.717, 1.165) is 24.9 Å². The number of phenols is 1. The number of carbonyl (C=O) groups excluding carboxylic acids is 1. The maximum atomic E-state index is 12.3. The highest BCUT2D eigenvalue weighted by Gasteiger charge is 2.68. The number of likely N-dealkylation sites (tertiary alicyclic amines) is 1. The van der Waals surface area contributed by atoms with E-state index in [1.807, 2.05) is 54.6 Å². The van der Waals surface area contributed by atoms with Gasteiger partial charge in [0, 0.05) is 34.6 Å². The second-order valence-electron chi connectivity index (χ2n) is 11.2. The van der Waals surface area contributed by atoms with E-state index in [1.165, 1.54) is 18.1 Å². The summed E-state index contributed by atoms with van der Waals surface area (Å²) in [6.07, 6.45) is 16.5. The summed E-state index contributed by atoms with van der Waals surface area (Å²) in [5.41, 5.74) is 1.92. The maximum absolute atomic E-state index is 12.3. The van der Waals surface area contributed by atoms with E-state index < -0.39 is 17.1 Å². The molecule has 0 saturated carbocycles. The fourth-order valence-corrected chi connectivity index (χ4v) is 7.11. The molecule has 6 nitrogen and oxygen atoms in total. The fourth-order valence-electron chi connectivity index (χ4n) is 7.11. The number of carbonyl (C=O) groups is 1. The molecule has 0 aromatic heterocycles. The van der Waals surface area contributed by atoms with Crippen molar-refractivity contribution in [3.05, 3.63) is 102 Å². The third-order valence-corrected chi connectivity index (χ3v) is 9.16. The zero-order chi connectivity index (χ0) is 27.4. The number of allylic oxidation sites excluding steroid dienone is 5. The topological polar surface area (TPSA) is 93.8 Å². The van der Waals surface area contributed by atoms with Crippen LogP contribution in [0.5, 0.6) is 11.5 Å². The minimum absolute atomic E-state index is 0.0968. The van der Waals surface area contributed by atoms with Crippen LogP contribution in [0.2, 0.25) is 0 Å². The number of nitrogens with zero attached hydrogens (tertiary/aromatic N) is 1. The van der Waals surface area contributed by atoms with Crippen LogP contribution in [0.3, 0.4) is 0 Å². The number of benzene rings is 2. The summed E-state index contributed by atoms with van der Waals surface area (Å²) in [6.45, 7) is 2.29. The average Bonchev–Trinajstić information content (AvgIpc) is 3.30. The molecule has 3 aliphatic carbocycles. The van der Waals surface area contributed by atoms with E-state index in [9.17, 15) is 15.0 Å². The highest BCUT2D eigenvalue weighted by Crippen LogP contribution is 2.63. The highest BCUT2D eigenvalue weighted by atomic mass is 16.5. The van der Waals surface area contributed by atoms with E-state index in [2.05, 4.69) is 36.2 Å². The molecule has 7 rings (SSSR count). The van der Waals surface area contributed by atoms with Crippen LogP contribution in [0.25, 0.3) is 6.08 Å². The van der Waals surface area contributed by atoms with Crippen molar-refractivity contribution in [2.45, 2.75) is 42.9 Å². The van der Waals surface area contributed by atoms with E-state index in [-0.39, 0.29) is 23.4 Å². The second kappa shape index (κ2) is 9.47. The average molecular weight is 523 g/mol. The van der Waals surface area contributed by atoms with Crippen LogP contribution in [-0.4, -0.2) is 57.9 Å². The first-order valence-electron chi connectivity index (χ1n) is 13.6. The zero-order valence-electron chi connectivity index (χ0n) is 22.2. The molecule has 1 unspecified atom stereocenters. The van der Waals surface area contributed by atoms with Gasteiger partial charge in [0.15, 0.2) is 22.9 Å². The van der Waals surface area contributed by atoms with Gasteiger partial charge in [-0.05, 0) is 62.7 Å². The van der Waals surface area contributed by atoms with E-state index >= 15 is 0 Å². The molecule has 0 radical (unpaired) electrons. The van der Waals surface area contributed by atoms with Gasteiger partial charge in [-0.15, -0.1) is 0 Å². The number of hydrogen-bond acceptors (Lipinski definition) is 6. The van der Waals surface area contributed by atoms with Crippen LogP contribution in [0.15, 0.2) is 85.0 Å². The van der Waals surface area contributed by atoms with Crippen molar-refractivity contribution in [3.63, 3.8) is 0 Å². The normalized spacial score (nSPS) is 33.4. The number of nitrogens with one attached hydrogen (secondary N) is 1. The molecule has 2 aliphatic heterocycles. The Hall–Kier alpha value is -3.74. The number of likely N-dealkylation sites (N-methyl/N-ethyl adjacent to an activating group) is 1. The van der Waals surface area contributed by atoms with E-state index in [4.69, 9.17) is 10.1 Å². The first-order chi connectivity index (χ1) is 18.8. The van der Waals surface area contributed by atoms with Gasteiger partial charge >= 0.3 is 0 Å². The summed E-state index contributed by atoms with van der Waals surface area (Å²) in [6, 6.07) is 14.1. The van der Waals surface area contributed by atoms with Gasteiger partial charge in [0.2, 0.25) is 0 Å². The Morgan fingerprint density at radius 3 is 2.69 bits per heavy atom. The van der Waals surface area contributed by atoms with Gasteiger partial charge in [-0.1, -0.05) is 72.9 Å². The Balaban J connectivity index is 0.000000159. The van der Waals surface area contributed by atoms with Gasteiger partial charge in [-0.2, -0.15) is 0 Å². The zero-order valence-corrected chi connectivity index (χ0v) is 22.2. The Morgan fingerprint density at radius 2 is 1.95 bits per heavy atom. The van der Waals surface area contributed by atoms with Crippen molar-refractivity contribution >= 4 is 17.6 Å². The first-order valence-corrected chi connectivity index (χ1v) is 13.6. The van der Waals surface area contributed by atoms with Crippen molar-refractivity contribution in [2.75, 3.05) is 13.6 Å². The summed E-state index contributed by atoms with van der Waals surface area (Å²) in [7, 11) is 2.13. The summed E-state index contributed by atoms with van der Waals surface area (Å²) < 4.78 is 6.13. The molecule has 2 heterocycles. The van der Waals surface area contributed by atoms with Gasteiger partial charge in [0.05, 0.1) is 0 Å². The number of Topliss-reactive ketones (excluding diaryl/α,β-unsaturated/α-hetero) is 1. The predicted octanol–water partition coefficient (Wildman–Crippen LogP) is 4.62. The summed E-state index contributed by atoms with van der Waals surface area (Å²) in [5, 5.41) is 29.2. The predicted molar refractivity (Wildman–Crippen MR) is 152 cm³/mol. The molecule has 6 atom stereocenters. The molecule has 3 N–H and O–H groups in total. The van der Waals surface area contributed by atoms with Crippen LogP contribution in [0.1, 0.15) is 30.0 Å². The van der Waals surface area contributed by atoms with Crippen LogP contribution in [0.4, 0.5) is 0 Å². The second-order valence-corrected chi connectivity index (χ2v) is 11.2. The van der Waals surface area contributed by atoms with Gasteiger partial charge in [-0.3, -0.25) is 4.79 Å². The largest absolute Gasteiger partial charge is 0.504 e. The lowest BCUT2D eigenvalue weighted by atomic mass is 9.51. The summed E-state index contributed by atoms with van der Waals surface area (Å²) in [4.78, 5) is 14.6. The van der Waals surface area contributed by atoms with E-state index in [1.54, 1.807) is 12.1 Å². The third-order valence-electron chi connectivity index (χ3n) is 9.16. The number of ketones is 1. The standard InChI is InChI=1S/C19H21NO4.C14H13N/c1-10(21)19(23)6-5-12-13-9-11-3-4-14(22)16-15(11)18(12,17(19)24-16)7-8-20(13)2;15-14-9-5-4-8-13(14)11-10-12-6-2-1-3-7-12/h3-6,12-13,17,22-23H,7-9H2,1-2H3;1-11,13,15H/t12-,13+,17+,18-,19+;/m0./s1. The third kappa shape index (κ3) is 3.93. The van der Waals surface area contributed by atoms with Crippen LogP contribution in [0, 0.1) is 17.2 Å². The van der Waals surface area contributed by atoms with Crippen molar-refractivity contribution < 1.29 is 19.7 Å². The quantitative estimate of drug-likeness (QED) is 0.512. The smallest absolute Gasteiger partial charge is 0.178 e. The van der Waals surface area contributed by atoms with Gasteiger partial charge in [0.25, 0.3) is 0 Å². The molecular weight excluding hydrogens is 488 g/mol. The molecule has 200 valence electrons. The Bertz CT molecular complexity index is 1440. The highest BCUT2D eigenvalue weighted by molar-refractivity contribution is 5.98. The molecule has 1 spiro atoms. The summed E-state index contributed by atoms with van der Waals surface area (Å²) >= 11 is 0. The molecule has 2 aromatic rings. The van der Waals surface area contributed by atoms with Crippen molar-refractivity contribution in [1.29, 1.82) is 5.41 Å². The molecule has 5 aliphatic rings. The Morgan fingerprint density at radius 1 is 1.15 bits per heavy atom. The maximum Gasteiger partial charge on any atom is 0.178 e. The molecule has 0 amide bonds. The Labute approximate surface area is 229 Å². The minimum Gasteiger partial charge on any atom is -0.504 e. The molecule has 2 bridgehead atoms. The number of aromatic hydroxyl groups is 1. The van der Waals surface area contributed by atoms with Gasteiger partial charge in [0.1, 0.15) is 6.10 Å². The first kappa shape index (κ1) is 25.5. The lowest BCUT2D eigenvalue weighted by molar-refractivity contribution is -0.148. The molecule has 1 saturated heterocycles. The molecule has 2 aromatic carbocycles. The molecule has 6 heteroatoms.